The summed E-state index contributed by atoms with van der Waals surface area (Å²) in [7, 11) is 1.79. The van der Waals surface area contributed by atoms with Crippen LogP contribution in [0.2, 0.25) is 0 Å². The molecule has 20 heavy (non-hydrogen) atoms. The molecule has 0 radical (unpaired) electrons. The summed E-state index contributed by atoms with van der Waals surface area (Å²) in [5.74, 6) is 0. The normalized spacial score (nSPS) is 27.0. The topological polar surface area (TPSA) is 37.0 Å². The number of nitrogens with one attached hydrogen (secondary N) is 1. The molecule has 2 atom stereocenters. The maximum absolute atomic E-state index is 5.45. The summed E-state index contributed by atoms with van der Waals surface area (Å²) >= 11 is 0. The molecule has 0 amide bonds. The van der Waals surface area contributed by atoms with Crippen LogP contribution in [0.1, 0.15) is 19.8 Å². The van der Waals surface area contributed by atoms with Gasteiger partial charge in [-0.2, -0.15) is 0 Å². The average molecular weight is 285 g/mol. The van der Waals surface area contributed by atoms with Crippen molar-refractivity contribution in [2.75, 3.05) is 66.2 Å². The highest BCUT2D eigenvalue weighted by Gasteiger charge is 2.29. The van der Waals surface area contributed by atoms with Crippen molar-refractivity contribution in [3.63, 3.8) is 0 Å². The van der Waals surface area contributed by atoms with E-state index < -0.39 is 0 Å². The van der Waals surface area contributed by atoms with Gasteiger partial charge in [0.25, 0.3) is 0 Å². The number of nitrogens with zero attached hydrogens (tertiary/aromatic N) is 2. The number of morpholine rings is 1. The van der Waals surface area contributed by atoms with Crippen LogP contribution >= 0.6 is 0 Å². The standard InChI is InChI=1S/C15H31N3O2/c1-3-5-16-14(13-19-2)11-17-6-4-15(12-17)18-7-9-20-10-8-18/h14-16H,3-13H2,1-2H3. The first kappa shape index (κ1) is 16.2. The third-order valence-electron chi connectivity index (χ3n) is 4.34. The second kappa shape index (κ2) is 8.95. The van der Waals surface area contributed by atoms with Crippen molar-refractivity contribution >= 4 is 0 Å². The highest BCUT2D eigenvalue weighted by molar-refractivity contribution is 4.86. The van der Waals surface area contributed by atoms with Gasteiger partial charge in [-0.3, -0.25) is 4.90 Å². The largest absolute Gasteiger partial charge is 0.383 e. The van der Waals surface area contributed by atoms with Crippen LogP contribution in [0.25, 0.3) is 0 Å². The van der Waals surface area contributed by atoms with E-state index in [1.54, 1.807) is 7.11 Å². The Morgan fingerprint density at radius 1 is 1.30 bits per heavy atom. The fourth-order valence-corrected chi connectivity index (χ4v) is 3.26. The maximum Gasteiger partial charge on any atom is 0.0628 e. The van der Waals surface area contributed by atoms with Crippen molar-refractivity contribution in [2.45, 2.75) is 31.8 Å². The summed E-state index contributed by atoms with van der Waals surface area (Å²) in [6.45, 7) is 11.6. The number of likely N-dealkylation sites (tertiary alicyclic amines) is 1. The molecule has 0 saturated carbocycles. The first-order valence-corrected chi connectivity index (χ1v) is 8.10. The molecule has 0 spiro atoms. The second-order valence-electron chi connectivity index (χ2n) is 5.96. The molecule has 0 aliphatic carbocycles. The van der Waals surface area contributed by atoms with Gasteiger partial charge in [0.2, 0.25) is 0 Å². The molecule has 2 aliphatic rings. The molecular formula is C15H31N3O2. The quantitative estimate of drug-likeness (QED) is 0.699. The Kier molecular flexibility index (Phi) is 7.24. The lowest BCUT2D eigenvalue weighted by Crippen LogP contribution is -2.47. The maximum atomic E-state index is 5.45. The lowest BCUT2D eigenvalue weighted by Gasteiger charge is -2.32. The third-order valence-corrected chi connectivity index (χ3v) is 4.34. The molecule has 2 fully saturated rings. The Morgan fingerprint density at radius 3 is 2.80 bits per heavy atom. The Morgan fingerprint density at radius 2 is 2.10 bits per heavy atom. The molecule has 2 unspecified atom stereocenters. The Balaban J connectivity index is 1.72. The lowest BCUT2D eigenvalue weighted by molar-refractivity contribution is 0.0181. The molecular weight excluding hydrogens is 254 g/mol. The number of hydrogen-bond acceptors (Lipinski definition) is 5. The molecule has 2 saturated heterocycles. The van der Waals surface area contributed by atoms with Crippen LogP contribution in [0, 0.1) is 0 Å². The van der Waals surface area contributed by atoms with Crippen LogP contribution < -0.4 is 5.32 Å². The summed E-state index contributed by atoms with van der Waals surface area (Å²) < 4.78 is 10.8. The molecule has 0 bridgehead atoms. The van der Waals surface area contributed by atoms with E-state index in [0.29, 0.717) is 6.04 Å². The zero-order valence-corrected chi connectivity index (χ0v) is 13.1. The minimum Gasteiger partial charge on any atom is -0.383 e. The summed E-state index contributed by atoms with van der Waals surface area (Å²) in [5.41, 5.74) is 0. The summed E-state index contributed by atoms with van der Waals surface area (Å²) in [6.07, 6.45) is 2.48. The minimum absolute atomic E-state index is 0.461. The lowest BCUT2D eigenvalue weighted by atomic mass is 10.2. The number of methoxy groups -OCH3 is 1. The molecule has 118 valence electrons. The van der Waals surface area contributed by atoms with Crippen LogP contribution in [0.5, 0.6) is 0 Å². The van der Waals surface area contributed by atoms with Crippen LogP contribution in [-0.2, 0) is 9.47 Å². The van der Waals surface area contributed by atoms with E-state index >= 15 is 0 Å². The van der Waals surface area contributed by atoms with Crippen molar-refractivity contribution in [3.8, 4) is 0 Å². The summed E-state index contributed by atoms with van der Waals surface area (Å²) in [6, 6.07) is 1.19. The molecule has 5 heteroatoms. The molecule has 0 aromatic rings. The summed E-state index contributed by atoms with van der Waals surface area (Å²) in [5, 5.41) is 3.59. The van der Waals surface area contributed by atoms with E-state index in [2.05, 4.69) is 22.0 Å². The van der Waals surface area contributed by atoms with Gasteiger partial charge in [0.1, 0.15) is 0 Å². The van der Waals surface area contributed by atoms with E-state index in [-0.39, 0.29) is 0 Å². The predicted molar refractivity (Wildman–Crippen MR) is 81.2 cm³/mol. The van der Waals surface area contributed by atoms with Gasteiger partial charge in [-0.05, 0) is 25.9 Å². The Bertz CT molecular complexity index is 260. The van der Waals surface area contributed by atoms with E-state index in [9.17, 15) is 0 Å². The highest BCUT2D eigenvalue weighted by atomic mass is 16.5. The van der Waals surface area contributed by atoms with E-state index in [4.69, 9.17) is 9.47 Å². The first-order valence-electron chi connectivity index (χ1n) is 8.10. The van der Waals surface area contributed by atoms with Gasteiger partial charge in [0.05, 0.1) is 19.8 Å². The minimum atomic E-state index is 0.461. The van der Waals surface area contributed by atoms with Gasteiger partial charge in [-0.15, -0.1) is 0 Å². The van der Waals surface area contributed by atoms with Gasteiger partial charge in [0, 0.05) is 45.4 Å². The zero-order valence-electron chi connectivity index (χ0n) is 13.1. The SMILES string of the molecule is CCCNC(COC)CN1CCC(N2CCOCC2)C1. The smallest absolute Gasteiger partial charge is 0.0628 e. The van der Waals surface area contributed by atoms with Gasteiger partial charge in [-0.1, -0.05) is 6.92 Å². The Labute approximate surface area is 123 Å². The van der Waals surface area contributed by atoms with Crippen molar-refractivity contribution in [1.82, 2.24) is 15.1 Å². The van der Waals surface area contributed by atoms with E-state index in [1.165, 1.54) is 25.9 Å². The molecule has 0 aromatic heterocycles. The van der Waals surface area contributed by atoms with Gasteiger partial charge in [0.15, 0.2) is 0 Å². The van der Waals surface area contributed by atoms with Crippen molar-refractivity contribution in [1.29, 1.82) is 0 Å². The van der Waals surface area contributed by atoms with Crippen LogP contribution in [0.15, 0.2) is 0 Å². The number of rotatable bonds is 8. The molecule has 1 N–H and O–H groups in total. The fourth-order valence-electron chi connectivity index (χ4n) is 3.26. The highest BCUT2D eigenvalue weighted by Crippen LogP contribution is 2.17. The van der Waals surface area contributed by atoms with Crippen LogP contribution in [0.4, 0.5) is 0 Å². The van der Waals surface area contributed by atoms with Crippen molar-refractivity contribution < 1.29 is 9.47 Å². The van der Waals surface area contributed by atoms with Crippen LogP contribution in [-0.4, -0.2) is 88.1 Å². The average Bonchev–Trinajstić information content (AvgIpc) is 2.94. The molecule has 0 aromatic carbocycles. The van der Waals surface area contributed by atoms with Gasteiger partial charge < -0.3 is 19.7 Å². The number of ether oxygens (including phenoxy) is 2. The second-order valence-corrected chi connectivity index (χ2v) is 5.96. The number of hydrogen-bond donors (Lipinski definition) is 1. The monoisotopic (exact) mass is 285 g/mol. The van der Waals surface area contributed by atoms with Crippen LogP contribution in [0.3, 0.4) is 0 Å². The predicted octanol–water partition coefficient (Wildman–Crippen LogP) is 0.408. The molecule has 2 rings (SSSR count). The first-order chi connectivity index (χ1) is 9.83. The Hall–Kier alpha value is -0.200. The molecule has 2 aliphatic heterocycles. The van der Waals surface area contributed by atoms with Crippen molar-refractivity contribution in [2.24, 2.45) is 0 Å². The molecule has 2 heterocycles. The van der Waals surface area contributed by atoms with E-state index in [0.717, 1.165) is 52.0 Å². The molecule has 5 nitrogen and oxygen atoms in total. The van der Waals surface area contributed by atoms with E-state index in [1.807, 2.05) is 0 Å². The summed E-state index contributed by atoms with van der Waals surface area (Å²) in [4.78, 5) is 5.20. The fraction of sp³-hybridized carbons (Fsp3) is 1.00. The third kappa shape index (κ3) is 4.97. The zero-order chi connectivity index (χ0) is 14.2. The van der Waals surface area contributed by atoms with Crippen molar-refractivity contribution in [3.05, 3.63) is 0 Å². The van der Waals surface area contributed by atoms with Gasteiger partial charge in [-0.25, -0.2) is 0 Å². The van der Waals surface area contributed by atoms with Gasteiger partial charge >= 0.3 is 0 Å².